The second-order valence-corrected chi connectivity index (χ2v) is 3.21. The Hall–Kier alpha value is -1.03. The number of rotatable bonds is 2. The summed E-state index contributed by atoms with van der Waals surface area (Å²) < 4.78 is 5.94. The number of aromatic amines is 1. The molecule has 2 aromatic rings. The van der Waals surface area contributed by atoms with E-state index in [2.05, 4.69) is 25.9 Å². The number of nitrogens with zero attached hydrogens (tertiary/aromatic N) is 1. The molecule has 62 valence electrons. The fourth-order valence-electron chi connectivity index (χ4n) is 1.02. The average Bonchev–Trinajstić information content (AvgIpc) is 2.63. The predicted octanol–water partition coefficient (Wildman–Crippen LogP) is 2.36. The Morgan fingerprint density at radius 1 is 1.58 bits per heavy atom. The van der Waals surface area contributed by atoms with E-state index in [0.717, 1.165) is 22.6 Å². The molecule has 0 saturated heterocycles. The standard InChI is InChI=1S/C8H7BrN2O/c9-8-10-5-6(11-8)4-7-2-1-3-12-7/h1-3,5H,4H2,(H,10,11). The van der Waals surface area contributed by atoms with Crippen molar-refractivity contribution in [3.63, 3.8) is 0 Å². The number of imidazole rings is 1. The van der Waals surface area contributed by atoms with Crippen LogP contribution in [0.2, 0.25) is 0 Å². The monoisotopic (exact) mass is 226 g/mol. The third kappa shape index (κ3) is 1.58. The van der Waals surface area contributed by atoms with Gasteiger partial charge in [-0.25, -0.2) is 4.98 Å². The quantitative estimate of drug-likeness (QED) is 0.855. The number of aromatic nitrogens is 2. The minimum Gasteiger partial charge on any atom is -0.469 e. The van der Waals surface area contributed by atoms with Gasteiger partial charge in [0, 0.05) is 18.3 Å². The van der Waals surface area contributed by atoms with Crippen LogP contribution in [0.1, 0.15) is 11.5 Å². The molecule has 0 spiro atoms. The molecule has 3 nitrogen and oxygen atoms in total. The van der Waals surface area contributed by atoms with Crippen molar-refractivity contribution in [2.45, 2.75) is 6.42 Å². The molecule has 2 rings (SSSR count). The van der Waals surface area contributed by atoms with Crippen LogP contribution in [0, 0.1) is 0 Å². The van der Waals surface area contributed by atoms with Gasteiger partial charge in [-0.05, 0) is 28.1 Å². The van der Waals surface area contributed by atoms with Crippen molar-refractivity contribution in [1.29, 1.82) is 0 Å². The minimum atomic E-state index is 0.754. The smallest absolute Gasteiger partial charge is 0.174 e. The molecule has 12 heavy (non-hydrogen) atoms. The van der Waals surface area contributed by atoms with Crippen LogP contribution in [0.15, 0.2) is 33.7 Å². The molecule has 0 amide bonds. The Balaban J connectivity index is 2.14. The first-order chi connectivity index (χ1) is 5.84. The van der Waals surface area contributed by atoms with Crippen LogP contribution in [0.25, 0.3) is 0 Å². The van der Waals surface area contributed by atoms with Crippen molar-refractivity contribution in [2.24, 2.45) is 0 Å². The Morgan fingerprint density at radius 3 is 3.08 bits per heavy atom. The first-order valence-corrected chi connectivity index (χ1v) is 4.35. The van der Waals surface area contributed by atoms with Gasteiger partial charge in [-0.3, -0.25) is 0 Å². The number of furan rings is 1. The molecule has 0 atom stereocenters. The van der Waals surface area contributed by atoms with Gasteiger partial charge < -0.3 is 9.40 Å². The number of H-pyrrole nitrogens is 1. The summed E-state index contributed by atoms with van der Waals surface area (Å²) in [5, 5.41) is 0. The molecule has 0 fully saturated rings. The van der Waals surface area contributed by atoms with Crippen LogP contribution in [0.3, 0.4) is 0 Å². The molecule has 0 aliphatic carbocycles. The number of halogens is 1. The SMILES string of the molecule is Brc1ncc(Cc2ccco2)[nH]1. The maximum Gasteiger partial charge on any atom is 0.174 e. The maximum absolute atomic E-state index is 5.18. The van der Waals surface area contributed by atoms with E-state index >= 15 is 0 Å². The van der Waals surface area contributed by atoms with Crippen molar-refractivity contribution in [3.8, 4) is 0 Å². The average molecular weight is 227 g/mol. The molecule has 2 aromatic heterocycles. The van der Waals surface area contributed by atoms with Gasteiger partial charge >= 0.3 is 0 Å². The number of hydrogen-bond donors (Lipinski definition) is 1. The van der Waals surface area contributed by atoms with Crippen LogP contribution in [0.4, 0.5) is 0 Å². The molecule has 4 heteroatoms. The zero-order valence-corrected chi connectivity index (χ0v) is 7.84. The van der Waals surface area contributed by atoms with Crippen LogP contribution in [0.5, 0.6) is 0 Å². The second-order valence-electron chi connectivity index (χ2n) is 2.46. The highest BCUT2D eigenvalue weighted by molar-refractivity contribution is 9.10. The van der Waals surface area contributed by atoms with Gasteiger partial charge in [-0.1, -0.05) is 0 Å². The summed E-state index contributed by atoms with van der Waals surface area (Å²) in [5.74, 6) is 0.936. The van der Waals surface area contributed by atoms with Crippen molar-refractivity contribution in [1.82, 2.24) is 9.97 Å². The minimum absolute atomic E-state index is 0.754. The van der Waals surface area contributed by atoms with Crippen molar-refractivity contribution in [2.75, 3.05) is 0 Å². The zero-order valence-electron chi connectivity index (χ0n) is 6.25. The summed E-state index contributed by atoms with van der Waals surface area (Å²) in [7, 11) is 0. The van der Waals surface area contributed by atoms with E-state index < -0.39 is 0 Å². The fraction of sp³-hybridized carbons (Fsp3) is 0.125. The highest BCUT2D eigenvalue weighted by Gasteiger charge is 2.00. The van der Waals surface area contributed by atoms with Gasteiger partial charge in [0.25, 0.3) is 0 Å². The van der Waals surface area contributed by atoms with Crippen LogP contribution in [-0.4, -0.2) is 9.97 Å². The van der Waals surface area contributed by atoms with E-state index in [-0.39, 0.29) is 0 Å². The molecular weight excluding hydrogens is 220 g/mol. The van der Waals surface area contributed by atoms with Crippen LogP contribution >= 0.6 is 15.9 Å². The largest absolute Gasteiger partial charge is 0.469 e. The van der Waals surface area contributed by atoms with Gasteiger partial charge in [-0.2, -0.15) is 0 Å². The van der Waals surface area contributed by atoms with E-state index in [9.17, 15) is 0 Å². The first-order valence-electron chi connectivity index (χ1n) is 3.56. The lowest BCUT2D eigenvalue weighted by molar-refractivity contribution is 0.519. The third-order valence-corrected chi connectivity index (χ3v) is 1.95. The van der Waals surface area contributed by atoms with E-state index in [1.165, 1.54) is 0 Å². The molecule has 0 aliphatic heterocycles. The maximum atomic E-state index is 5.18. The summed E-state index contributed by atoms with van der Waals surface area (Å²) in [4.78, 5) is 7.08. The molecule has 0 aliphatic rings. The molecular formula is C8H7BrN2O. The normalized spacial score (nSPS) is 10.4. The van der Waals surface area contributed by atoms with Crippen molar-refractivity contribution >= 4 is 15.9 Å². The number of hydrogen-bond acceptors (Lipinski definition) is 2. The Labute approximate surface area is 77.9 Å². The lowest BCUT2D eigenvalue weighted by atomic mass is 10.3. The number of nitrogens with one attached hydrogen (secondary N) is 1. The van der Waals surface area contributed by atoms with Crippen molar-refractivity contribution in [3.05, 3.63) is 40.8 Å². The molecule has 0 unspecified atom stereocenters. The van der Waals surface area contributed by atoms with E-state index in [4.69, 9.17) is 4.42 Å². The highest BCUT2D eigenvalue weighted by atomic mass is 79.9. The van der Waals surface area contributed by atoms with Crippen molar-refractivity contribution < 1.29 is 4.42 Å². The lowest BCUT2D eigenvalue weighted by Crippen LogP contribution is -1.84. The van der Waals surface area contributed by atoms with Gasteiger partial charge in [0.2, 0.25) is 0 Å². The summed E-state index contributed by atoms with van der Waals surface area (Å²) >= 11 is 3.24. The predicted molar refractivity (Wildman–Crippen MR) is 47.8 cm³/mol. The van der Waals surface area contributed by atoms with E-state index in [1.807, 2.05) is 12.1 Å². The fourth-order valence-corrected chi connectivity index (χ4v) is 1.38. The van der Waals surface area contributed by atoms with Gasteiger partial charge in [0.1, 0.15) is 5.76 Å². The Bertz CT molecular complexity index is 353. The molecule has 1 N–H and O–H groups in total. The first kappa shape index (κ1) is 7.61. The molecule has 2 heterocycles. The summed E-state index contributed by atoms with van der Waals surface area (Å²) in [6, 6.07) is 3.81. The molecule has 0 bridgehead atoms. The second kappa shape index (κ2) is 3.15. The third-order valence-electron chi connectivity index (χ3n) is 1.54. The zero-order chi connectivity index (χ0) is 8.39. The van der Waals surface area contributed by atoms with Gasteiger partial charge in [0.15, 0.2) is 4.73 Å². The topological polar surface area (TPSA) is 41.8 Å². The van der Waals surface area contributed by atoms with E-state index in [1.54, 1.807) is 12.5 Å². The summed E-state index contributed by atoms with van der Waals surface area (Å²) in [6.07, 6.45) is 4.21. The summed E-state index contributed by atoms with van der Waals surface area (Å²) in [5.41, 5.74) is 1.04. The summed E-state index contributed by atoms with van der Waals surface area (Å²) in [6.45, 7) is 0. The molecule has 0 saturated carbocycles. The molecule has 0 aromatic carbocycles. The van der Waals surface area contributed by atoms with Crippen LogP contribution < -0.4 is 0 Å². The Morgan fingerprint density at radius 2 is 2.50 bits per heavy atom. The van der Waals surface area contributed by atoms with Gasteiger partial charge in [0.05, 0.1) is 6.26 Å². The Kier molecular flexibility index (Phi) is 1.99. The molecule has 0 radical (unpaired) electrons. The van der Waals surface area contributed by atoms with Gasteiger partial charge in [-0.15, -0.1) is 0 Å². The van der Waals surface area contributed by atoms with E-state index in [0.29, 0.717) is 0 Å². The van der Waals surface area contributed by atoms with Crippen LogP contribution in [-0.2, 0) is 6.42 Å². The highest BCUT2D eigenvalue weighted by Crippen LogP contribution is 2.10. The lowest BCUT2D eigenvalue weighted by Gasteiger charge is -1.90.